The smallest absolute Gasteiger partial charge is 0.285 e. The summed E-state index contributed by atoms with van der Waals surface area (Å²) in [6.07, 6.45) is 0. The van der Waals surface area contributed by atoms with Crippen LogP contribution in [-0.4, -0.2) is 39.6 Å². The van der Waals surface area contributed by atoms with Crippen molar-refractivity contribution in [2.75, 3.05) is 13.1 Å². The fourth-order valence-electron chi connectivity index (χ4n) is 2.44. The van der Waals surface area contributed by atoms with Crippen molar-refractivity contribution in [3.63, 3.8) is 0 Å². The molecule has 0 spiro atoms. The highest BCUT2D eigenvalue weighted by atomic mass is 32.1. The number of thiophene rings is 1. The van der Waals surface area contributed by atoms with E-state index in [4.69, 9.17) is 5.26 Å². The molecular weight excluding hydrogens is 366 g/mol. The van der Waals surface area contributed by atoms with Crippen LogP contribution in [0.5, 0.6) is 0 Å². The lowest BCUT2D eigenvalue weighted by molar-refractivity contribution is -0.136. The normalized spacial score (nSPS) is 10.3. The van der Waals surface area contributed by atoms with Crippen molar-refractivity contribution in [1.82, 2.24) is 20.0 Å². The first kappa shape index (κ1) is 20.3. The van der Waals surface area contributed by atoms with Crippen molar-refractivity contribution in [1.29, 1.82) is 5.26 Å². The van der Waals surface area contributed by atoms with E-state index in [0.29, 0.717) is 24.3 Å². The summed E-state index contributed by atoms with van der Waals surface area (Å²) in [6.45, 7) is 5.37. The fraction of sp³-hybridized carbons (Fsp3) is 0.389. The maximum absolute atomic E-state index is 12.5. The first-order valence-electron chi connectivity index (χ1n) is 8.42. The van der Waals surface area contributed by atoms with E-state index < -0.39 is 11.5 Å². The van der Waals surface area contributed by atoms with Crippen molar-refractivity contribution in [3.05, 3.63) is 49.6 Å². The van der Waals surface area contributed by atoms with Gasteiger partial charge in [0.15, 0.2) is 0 Å². The average Bonchev–Trinajstić information content (AvgIpc) is 3.16. The Kier molecular flexibility index (Phi) is 6.85. The van der Waals surface area contributed by atoms with Crippen LogP contribution in [0.2, 0.25) is 0 Å². The highest BCUT2D eigenvalue weighted by molar-refractivity contribution is 7.09. The molecule has 8 nitrogen and oxygen atoms in total. The second kappa shape index (κ2) is 9.09. The number of hydrogen-bond donors (Lipinski definition) is 1. The summed E-state index contributed by atoms with van der Waals surface area (Å²) >= 11 is 1.54. The van der Waals surface area contributed by atoms with E-state index in [2.05, 4.69) is 10.4 Å². The first-order chi connectivity index (χ1) is 12.9. The average molecular weight is 387 g/mol. The van der Waals surface area contributed by atoms with Gasteiger partial charge in [0.25, 0.3) is 5.56 Å². The molecule has 0 atom stereocenters. The van der Waals surface area contributed by atoms with Gasteiger partial charge in [-0.15, -0.1) is 11.3 Å². The van der Waals surface area contributed by atoms with Crippen molar-refractivity contribution in [2.24, 2.45) is 0 Å². The second-order valence-electron chi connectivity index (χ2n) is 5.92. The Morgan fingerprint density at radius 3 is 2.74 bits per heavy atom. The van der Waals surface area contributed by atoms with Gasteiger partial charge < -0.3 is 10.2 Å². The molecule has 0 aromatic carbocycles. The van der Waals surface area contributed by atoms with Crippen molar-refractivity contribution in [3.8, 4) is 6.07 Å². The second-order valence-corrected chi connectivity index (χ2v) is 6.96. The molecule has 0 fully saturated rings. The van der Waals surface area contributed by atoms with E-state index >= 15 is 0 Å². The van der Waals surface area contributed by atoms with E-state index in [-0.39, 0.29) is 24.6 Å². The van der Waals surface area contributed by atoms with E-state index in [0.717, 1.165) is 9.56 Å². The quantitative estimate of drug-likeness (QED) is 0.761. The number of nitrogens with one attached hydrogen (secondary N) is 1. The number of hydrogen-bond acceptors (Lipinski definition) is 6. The summed E-state index contributed by atoms with van der Waals surface area (Å²) in [5, 5.41) is 17.9. The Bertz CT molecular complexity index is 928. The molecule has 142 valence electrons. The molecule has 2 heterocycles. The molecule has 0 aliphatic carbocycles. The zero-order valence-corrected chi connectivity index (χ0v) is 16.3. The molecule has 0 saturated carbocycles. The van der Waals surface area contributed by atoms with Crippen LogP contribution in [0.15, 0.2) is 22.3 Å². The third kappa shape index (κ3) is 5.01. The molecule has 0 aliphatic rings. The summed E-state index contributed by atoms with van der Waals surface area (Å²) in [7, 11) is 0. The minimum atomic E-state index is -0.604. The molecule has 2 aromatic heterocycles. The third-order valence-electron chi connectivity index (χ3n) is 4.14. The van der Waals surface area contributed by atoms with Gasteiger partial charge in [-0.2, -0.15) is 10.4 Å². The summed E-state index contributed by atoms with van der Waals surface area (Å²) in [5.41, 5.74) is 0.390. The molecule has 2 amide bonds. The molecular formula is C18H21N5O3S. The highest BCUT2D eigenvalue weighted by Crippen LogP contribution is 2.07. The van der Waals surface area contributed by atoms with Gasteiger partial charge in [0.2, 0.25) is 11.8 Å². The third-order valence-corrected chi connectivity index (χ3v) is 5.02. The lowest BCUT2D eigenvalue weighted by Crippen LogP contribution is -2.43. The standard InChI is InChI=1S/C18H21N5O3S/c1-4-22(10-16(24)20-9-14-6-5-7-27-14)17(25)11-23-18(26)15(8-19)12(2)13(3)21-23/h5-7H,4,9-11H2,1-3H3,(H,20,24). The lowest BCUT2D eigenvalue weighted by atomic mass is 10.1. The number of aromatic nitrogens is 2. The minimum absolute atomic E-state index is 0.0213. The molecule has 0 aliphatic heterocycles. The van der Waals surface area contributed by atoms with Gasteiger partial charge in [0.1, 0.15) is 18.2 Å². The molecule has 0 unspecified atom stereocenters. The SMILES string of the molecule is CCN(CC(=O)NCc1cccs1)C(=O)Cn1nc(C)c(C)c(C#N)c1=O. The topological polar surface area (TPSA) is 108 Å². The number of aryl methyl sites for hydroxylation is 1. The van der Waals surface area contributed by atoms with E-state index in [9.17, 15) is 14.4 Å². The predicted molar refractivity (Wildman–Crippen MR) is 101 cm³/mol. The molecule has 0 saturated heterocycles. The summed E-state index contributed by atoms with van der Waals surface area (Å²) in [4.78, 5) is 39.3. The van der Waals surface area contributed by atoms with Crippen LogP contribution in [0, 0.1) is 25.2 Å². The maximum Gasteiger partial charge on any atom is 0.285 e. The Hall–Kier alpha value is -2.99. The van der Waals surface area contributed by atoms with Crippen molar-refractivity contribution >= 4 is 23.2 Å². The van der Waals surface area contributed by atoms with Crippen LogP contribution in [0.1, 0.15) is 28.6 Å². The van der Waals surface area contributed by atoms with Gasteiger partial charge in [-0.3, -0.25) is 14.4 Å². The van der Waals surface area contributed by atoms with Crippen LogP contribution in [0.4, 0.5) is 0 Å². The first-order valence-corrected chi connectivity index (χ1v) is 9.30. The minimum Gasteiger partial charge on any atom is -0.350 e. The van der Waals surface area contributed by atoms with Gasteiger partial charge in [-0.05, 0) is 37.8 Å². The van der Waals surface area contributed by atoms with E-state index in [1.807, 2.05) is 23.6 Å². The number of amides is 2. The summed E-state index contributed by atoms with van der Waals surface area (Å²) in [6, 6.07) is 5.68. The van der Waals surface area contributed by atoms with Crippen LogP contribution >= 0.6 is 11.3 Å². The summed E-state index contributed by atoms with van der Waals surface area (Å²) < 4.78 is 0.982. The molecule has 1 N–H and O–H groups in total. The maximum atomic E-state index is 12.5. The largest absolute Gasteiger partial charge is 0.350 e. The van der Waals surface area contributed by atoms with E-state index in [1.165, 1.54) is 16.2 Å². The van der Waals surface area contributed by atoms with Gasteiger partial charge in [0, 0.05) is 11.4 Å². The van der Waals surface area contributed by atoms with Gasteiger partial charge in [0.05, 0.1) is 18.8 Å². The molecule has 0 bridgehead atoms. The summed E-state index contributed by atoms with van der Waals surface area (Å²) in [5.74, 6) is -0.692. The predicted octanol–water partition coefficient (Wildman–Crippen LogP) is 0.958. The molecule has 0 radical (unpaired) electrons. The molecule has 2 aromatic rings. The number of rotatable bonds is 7. The van der Waals surface area contributed by atoms with E-state index in [1.54, 1.807) is 20.8 Å². The Morgan fingerprint density at radius 1 is 1.41 bits per heavy atom. The van der Waals surface area contributed by atoms with Gasteiger partial charge in [-0.1, -0.05) is 6.07 Å². The Morgan fingerprint density at radius 2 is 2.15 bits per heavy atom. The molecule has 2 rings (SSSR count). The fourth-order valence-corrected chi connectivity index (χ4v) is 3.09. The van der Waals surface area contributed by atoms with Gasteiger partial charge >= 0.3 is 0 Å². The molecule has 9 heteroatoms. The monoisotopic (exact) mass is 387 g/mol. The Labute approximate surface area is 161 Å². The van der Waals surface area contributed by atoms with Gasteiger partial charge in [-0.25, -0.2) is 4.68 Å². The van der Waals surface area contributed by atoms with Crippen LogP contribution in [0.25, 0.3) is 0 Å². The zero-order chi connectivity index (χ0) is 20.0. The highest BCUT2D eigenvalue weighted by Gasteiger charge is 2.19. The number of likely N-dealkylation sites (N-methyl/N-ethyl adjacent to an activating group) is 1. The lowest BCUT2D eigenvalue weighted by Gasteiger charge is -2.20. The zero-order valence-electron chi connectivity index (χ0n) is 15.5. The number of carbonyl (C=O) groups is 2. The van der Waals surface area contributed by atoms with Crippen LogP contribution < -0.4 is 10.9 Å². The van der Waals surface area contributed by atoms with Crippen LogP contribution in [-0.2, 0) is 22.7 Å². The Balaban J connectivity index is 2.05. The molecule has 27 heavy (non-hydrogen) atoms. The number of carbonyl (C=O) groups excluding carboxylic acids is 2. The van der Waals surface area contributed by atoms with Crippen LogP contribution in [0.3, 0.4) is 0 Å². The number of nitriles is 1. The van der Waals surface area contributed by atoms with Crippen molar-refractivity contribution in [2.45, 2.75) is 33.9 Å². The number of nitrogens with zero attached hydrogens (tertiary/aromatic N) is 4. The van der Waals surface area contributed by atoms with Crippen molar-refractivity contribution < 1.29 is 9.59 Å².